The normalized spacial score (nSPS) is 29.0. The number of aliphatic hydroxyl groups excluding tert-OH is 2. The first kappa shape index (κ1) is 49.4. The fraction of sp³-hybridized carbons (Fsp3) is 0.480. The predicted octanol–water partition coefficient (Wildman–Crippen LogP) is 6.19. The van der Waals surface area contributed by atoms with Crippen LogP contribution in [0.5, 0.6) is 11.5 Å². The molecule has 0 unspecified atom stereocenters. The second-order valence-corrected chi connectivity index (χ2v) is 18.3. The molecule has 3 aromatic carbocycles. The summed E-state index contributed by atoms with van der Waals surface area (Å²) >= 11 is 0. The molecule has 4 aromatic rings. The number of anilines is 2. The molecule has 3 aliphatic heterocycles. The van der Waals surface area contributed by atoms with Crippen molar-refractivity contribution in [3.05, 3.63) is 75.2 Å². The molecule has 5 bridgehead atoms. The zero-order valence-corrected chi connectivity index (χ0v) is 40.2. The van der Waals surface area contributed by atoms with Crippen LogP contribution in [0.4, 0.5) is 16.2 Å². The lowest BCUT2D eigenvalue weighted by Gasteiger charge is -2.38. The number of allylic oxidation sites excluding steroid dienone is 2. The highest BCUT2D eigenvalue weighted by Gasteiger charge is 2.50. The number of fused-ring (bicyclic) bond motifs is 5. The van der Waals surface area contributed by atoms with Crippen molar-refractivity contribution >= 4 is 68.1 Å². The average Bonchev–Trinajstić information content (AvgIpc) is 3.58. The number of hydrogen-bond donors (Lipinski definition) is 4. The molecule has 68 heavy (non-hydrogen) atoms. The Morgan fingerprint density at radius 2 is 1.60 bits per heavy atom. The van der Waals surface area contributed by atoms with Crippen molar-refractivity contribution in [2.45, 2.75) is 92.5 Å². The van der Waals surface area contributed by atoms with Crippen LogP contribution < -0.4 is 20.4 Å². The summed E-state index contributed by atoms with van der Waals surface area (Å²) in [6.45, 7) is 16.2. The molecule has 18 nitrogen and oxygen atoms in total. The van der Waals surface area contributed by atoms with Gasteiger partial charge in [0.05, 0.1) is 42.6 Å². The summed E-state index contributed by atoms with van der Waals surface area (Å²) in [5, 5.41) is 37.6. The Bertz CT molecular complexity index is 2840. The van der Waals surface area contributed by atoms with Crippen molar-refractivity contribution in [2.24, 2.45) is 23.7 Å². The van der Waals surface area contributed by atoms with E-state index in [1.54, 1.807) is 50.8 Å². The maximum Gasteiger partial charge on any atom is 0.409 e. The van der Waals surface area contributed by atoms with Gasteiger partial charge in [0.25, 0.3) is 11.7 Å². The first-order valence-electron chi connectivity index (χ1n) is 22.6. The molecular formula is C50H60N4O14. The van der Waals surface area contributed by atoms with Gasteiger partial charge >= 0.3 is 17.8 Å². The number of carbonyl (C=O) groups is 4. The molecule has 9 atom stereocenters. The number of methoxy groups -OCH3 is 2. The Morgan fingerprint density at radius 3 is 2.25 bits per heavy atom. The zero-order chi connectivity index (χ0) is 49.7. The number of rotatable bonds is 3. The summed E-state index contributed by atoms with van der Waals surface area (Å²) in [5.41, 5.74) is 0.918. The monoisotopic (exact) mass is 940 g/mol. The number of phenols is 1. The summed E-state index contributed by atoms with van der Waals surface area (Å²) in [4.78, 5) is 76.7. The molecule has 364 valence electrons. The number of esters is 1. The number of aromatic nitrogens is 1. The first-order valence-corrected chi connectivity index (χ1v) is 22.6. The molecule has 4 heterocycles. The number of amides is 2. The topological polar surface area (TPSA) is 237 Å². The van der Waals surface area contributed by atoms with E-state index in [9.17, 15) is 39.3 Å². The van der Waals surface area contributed by atoms with E-state index in [0.29, 0.717) is 37.3 Å². The van der Waals surface area contributed by atoms with Crippen molar-refractivity contribution in [3.63, 3.8) is 0 Å². The van der Waals surface area contributed by atoms with Gasteiger partial charge in [-0.1, -0.05) is 45.9 Å². The molecule has 3 aliphatic rings. The van der Waals surface area contributed by atoms with Crippen LogP contribution in [0.25, 0.3) is 33.0 Å². The van der Waals surface area contributed by atoms with E-state index in [1.165, 1.54) is 60.3 Å². The van der Waals surface area contributed by atoms with E-state index < -0.39 is 88.8 Å². The third-order valence-corrected chi connectivity index (χ3v) is 13.7. The van der Waals surface area contributed by atoms with Crippen LogP contribution in [0, 0.1) is 37.5 Å². The molecule has 1 saturated heterocycles. The lowest BCUT2D eigenvalue weighted by atomic mass is 9.78. The number of aromatic hydroxyl groups is 1. The number of benzene rings is 3. The zero-order valence-electron chi connectivity index (χ0n) is 40.2. The number of phenolic OH excluding ortho intramolecular Hbond substituents is 1. The van der Waals surface area contributed by atoms with Gasteiger partial charge in [-0.25, -0.2) is 9.78 Å². The van der Waals surface area contributed by atoms with Gasteiger partial charge < -0.3 is 58.5 Å². The number of ether oxygens (including phenoxy) is 5. The third kappa shape index (κ3) is 8.87. The maximum atomic E-state index is 14.8. The van der Waals surface area contributed by atoms with Gasteiger partial charge in [-0.2, -0.15) is 0 Å². The van der Waals surface area contributed by atoms with E-state index in [1.807, 2.05) is 13.0 Å². The highest BCUT2D eigenvalue weighted by Crippen LogP contribution is 2.49. The number of Topliss-reactive ketones (excluding diaryl/α,β-unsaturated/α-hetero) is 1. The summed E-state index contributed by atoms with van der Waals surface area (Å²) in [6.07, 6.45) is 3.11. The Balaban J connectivity index is 1.43. The van der Waals surface area contributed by atoms with E-state index in [2.05, 4.69) is 10.2 Å². The lowest BCUT2D eigenvalue weighted by Crippen LogP contribution is -2.48. The number of ketones is 1. The predicted molar refractivity (Wildman–Crippen MR) is 253 cm³/mol. The summed E-state index contributed by atoms with van der Waals surface area (Å²) in [6, 6.07) is 3.67. The minimum absolute atomic E-state index is 0.0210. The second-order valence-electron chi connectivity index (χ2n) is 18.3. The van der Waals surface area contributed by atoms with Crippen molar-refractivity contribution in [1.29, 1.82) is 0 Å². The van der Waals surface area contributed by atoms with Gasteiger partial charge in [0.15, 0.2) is 22.3 Å². The number of hydrogen-bond acceptors (Lipinski definition) is 16. The Hall–Kier alpha value is -6.50. The van der Waals surface area contributed by atoms with Crippen molar-refractivity contribution in [1.82, 2.24) is 9.88 Å². The van der Waals surface area contributed by atoms with Crippen LogP contribution in [0.15, 0.2) is 57.5 Å². The fourth-order valence-corrected chi connectivity index (χ4v) is 9.52. The van der Waals surface area contributed by atoms with Gasteiger partial charge in [0, 0.05) is 99.1 Å². The highest BCUT2D eigenvalue weighted by molar-refractivity contribution is 6.26. The van der Waals surface area contributed by atoms with Gasteiger partial charge in [-0.05, 0) is 38.5 Å². The maximum absolute atomic E-state index is 14.8. The fourth-order valence-electron chi connectivity index (χ4n) is 9.52. The molecular weight excluding hydrogens is 881 g/mol. The SMILES string of the molecule is COC(=O)N1CCN(c2cc(C)c3nc4c(oc3c2)c2c(O)c3c(=O)c(C)c5c(c34)C(=O)[C@@](C)(O/C=C/[C@H](OC)[C@@H](C)[C@@H](OC(C)=O)[C@H](C)[C@H](O)[C@H](C)[C@@H](O)[C@@H](C)/C=C/C=C(/C)C(=O)N2)O5)CC1. The summed E-state index contributed by atoms with van der Waals surface area (Å²) in [7, 11) is 2.77. The number of nitrogens with zero attached hydrogens (tertiary/aromatic N) is 3. The third-order valence-electron chi connectivity index (χ3n) is 13.7. The van der Waals surface area contributed by atoms with Gasteiger partial charge in [-0.15, -0.1) is 0 Å². The number of nitrogens with one attached hydrogen (secondary N) is 1. The molecule has 18 heteroatoms. The quantitative estimate of drug-likeness (QED) is 0.0775. The molecule has 2 amide bonds. The first-order chi connectivity index (χ1) is 32.1. The van der Waals surface area contributed by atoms with Gasteiger partial charge in [0.2, 0.25) is 0 Å². The summed E-state index contributed by atoms with van der Waals surface area (Å²) in [5.74, 6) is -7.40. The van der Waals surface area contributed by atoms with Crippen molar-refractivity contribution in [3.8, 4) is 11.5 Å². The van der Waals surface area contributed by atoms with Crippen LogP contribution >= 0.6 is 0 Å². The lowest BCUT2D eigenvalue weighted by molar-refractivity contribution is -0.160. The van der Waals surface area contributed by atoms with Crippen LogP contribution in [0.3, 0.4) is 0 Å². The van der Waals surface area contributed by atoms with Crippen LogP contribution in [0.2, 0.25) is 0 Å². The average molecular weight is 941 g/mol. The van der Waals surface area contributed by atoms with Crippen molar-refractivity contribution in [2.75, 3.05) is 50.6 Å². The van der Waals surface area contributed by atoms with E-state index >= 15 is 0 Å². The molecule has 4 N–H and O–H groups in total. The minimum Gasteiger partial charge on any atom is -0.505 e. The Morgan fingerprint density at radius 1 is 0.912 bits per heavy atom. The molecule has 0 radical (unpaired) electrons. The van der Waals surface area contributed by atoms with Crippen LogP contribution in [-0.2, 0) is 28.5 Å². The molecule has 0 saturated carbocycles. The molecule has 1 fully saturated rings. The largest absolute Gasteiger partial charge is 0.505 e. The van der Waals surface area contributed by atoms with Crippen LogP contribution in [0.1, 0.15) is 70.0 Å². The number of piperazine rings is 1. The second kappa shape index (κ2) is 19.2. The molecule has 0 aliphatic carbocycles. The Labute approximate surface area is 393 Å². The Kier molecular flexibility index (Phi) is 14.0. The van der Waals surface area contributed by atoms with Gasteiger partial charge in [-0.3, -0.25) is 19.2 Å². The standard InChI is InChI=1S/C50H60N4O14/c1-23-13-12-14-24(2)48(61)52-39-43(59)35-34(38-46(39)67-33-22-31(21-25(3)37(33)51-38)53-16-18-54(19-17-53)49(62)64-11)36-45(29(7)42(35)58)68-50(9,47(36)60)65-20-15-32(63-10)26(4)44(66-30(8)55)28(6)41(57)27(5)40(23)56/h12-15,20-23,26-28,32,40-41,44,56-57,59H,16-19H2,1-11H3,(H,52,61)/b13-12+,20-15+,24-14-/t23-,26+,27+,28+,32-,40-,41+,44+,50-/m0/s1. The van der Waals surface area contributed by atoms with E-state index in [-0.39, 0.29) is 55.6 Å². The number of carbonyl (C=O) groups excluding carboxylic acids is 4. The van der Waals surface area contributed by atoms with Gasteiger partial charge in [0.1, 0.15) is 28.6 Å². The highest BCUT2D eigenvalue weighted by atomic mass is 16.7. The van der Waals surface area contributed by atoms with E-state index in [0.717, 1.165) is 5.69 Å². The van der Waals surface area contributed by atoms with Crippen LogP contribution in [-0.4, -0.2) is 120 Å². The smallest absolute Gasteiger partial charge is 0.409 e. The molecule has 1 aromatic heterocycles. The molecule has 0 spiro atoms. The van der Waals surface area contributed by atoms with E-state index in [4.69, 9.17) is 33.1 Å². The van der Waals surface area contributed by atoms with Crippen molar-refractivity contribution < 1.29 is 62.6 Å². The molecule has 7 rings (SSSR count). The number of aliphatic hydroxyl groups is 2. The minimum atomic E-state index is -2.07. The summed E-state index contributed by atoms with van der Waals surface area (Å²) < 4.78 is 35.5. The number of aryl methyl sites for hydroxylation is 1.